The number of carbonyl (C=O) groups excluding carboxylic acids is 2. The molecule has 1 radical (unpaired) electrons. The zero-order valence-corrected chi connectivity index (χ0v) is 18.0. The normalized spacial score (nSPS) is 11.4. The maximum absolute atomic E-state index is 12.4. The van der Waals surface area contributed by atoms with Crippen LogP contribution in [-0.4, -0.2) is 22.7 Å². The summed E-state index contributed by atoms with van der Waals surface area (Å²) >= 11 is 5.82. The molecule has 27 heavy (non-hydrogen) atoms. The second kappa shape index (κ2) is 9.31. The van der Waals surface area contributed by atoms with E-state index in [-0.39, 0.29) is 44.7 Å². The molecule has 0 saturated carbocycles. The van der Waals surface area contributed by atoms with Gasteiger partial charge in [0.05, 0.1) is 6.04 Å². The van der Waals surface area contributed by atoms with Crippen molar-refractivity contribution in [1.29, 1.82) is 0 Å². The van der Waals surface area contributed by atoms with Gasteiger partial charge < -0.3 is 22.0 Å². The van der Waals surface area contributed by atoms with Gasteiger partial charge in [0, 0.05) is 66.0 Å². The van der Waals surface area contributed by atoms with Crippen LogP contribution in [0.3, 0.4) is 0 Å². The molecular weight excluding hydrogens is 441 g/mol. The predicted molar refractivity (Wildman–Crippen MR) is 101 cm³/mol. The molecule has 0 spiro atoms. The molecule has 0 saturated heterocycles. The van der Waals surface area contributed by atoms with Gasteiger partial charge >= 0.3 is 0 Å². The van der Waals surface area contributed by atoms with E-state index in [1.165, 1.54) is 6.07 Å². The third-order valence-electron chi connectivity index (χ3n) is 4.06. The van der Waals surface area contributed by atoms with Crippen molar-refractivity contribution in [3.8, 4) is 0 Å². The summed E-state index contributed by atoms with van der Waals surface area (Å²) < 4.78 is 0. The average molecular weight is 457 g/mol. The number of Topliss-reactive ketones (excluding diaryl/α,β-unsaturated/α-hetero) is 1. The van der Waals surface area contributed by atoms with E-state index in [9.17, 15) is 14.4 Å². The van der Waals surface area contributed by atoms with Crippen LogP contribution in [-0.2, 0) is 43.9 Å². The SMILES string of the molecule is [CH2-]C(=O)C(Cc1cc(=O)[nH]c2ccccc12)NC(=O)c1ccc(Cl)cc1.[Y]. The number of rotatable bonds is 5. The van der Waals surface area contributed by atoms with Crippen molar-refractivity contribution in [3.05, 3.63) is 88.0 Å². The number of para-hydroxylation sites is 1. The summed E-state index contributed by atoms with van der Waals surface area (Å²) in [7, 11) is 0. The summed E-state index contributed by atoms with van der Waals surface area (Å²) in [4.78, 5) is 39.0. The predicted octanol–water partition coefficient (Wildman–Crippen LogP) is 2.92. The summed E-state index contributed by atoms with van der Waals surface area (Å²) in [5, 5.41) is 4.01. The average Bonchev–Trinajstić information content (AvgIpc) is 2.61. The minimum atomic E-state index is -0.844. The van der Waals surface area contributed by atoms with E-state index in [2.05, 4.69) is 17.2 Å². The first-order chi connectivity index (χ1) is 12.4. The van der Waals surface area contributed by atoms with Crippen molar-refractivity contribution in [2.45, 2.75) is 12.5 Å². The number of carbonyl (C=O) groups is 2. The maximum atomic E-state index is 12.4. The number of fused-ring (bicyclic) bond motifs is 1. The Hall–Kier alpha value is -1.95. The van der Waals surface area contributed by atoms with Crippen molar-refractivity contribution in [3.63, 3.8) is 0 Å². The van der Waals surface area contributed by atoms with E-state index in [4.69, 9.17) is 11.6 Å². The van der Waals surface area contributed by atoms with Gasteiger partial charge in [-0.3, -0.25) is 9.59 Å². The van der Waals surface area contributed by atoms with Crippen molar-refractivity contribution in [1.82, 2.24) is 10.3 Å². The molecule has 5 nitrogen and oxygen atoms in total. The molecule has 0 aliphatic rings. The fourth-order valence-corrected chi connectivity index (χ4v) is 2.88. The van der Waals surface area contributed by atoms with Gasteiger partial charge in [-0.15, -0.1) is 0 Å². The first-order valence-corrected chi connectivity index (χ1v) is 8.35. The van der Waals surface area contributed by atoms with Crippen LogP contribution in [0, 0.1) is 6.92 Å². The number of ketones is 1. The van der Waals surface area contributed by atoms with Gasteiger partial charge in [-0.05, 0) is 42.3 Å². The Balaban J connectivity index is 0.00000261. The molecule has 1 aromatic heterocycles. The summed E-state index contributed by atoms with van der Waals surface area (Å²) in [6.07, 6.45) is 0.173. The third-order valence-corrected chi connectivity index (χ3v) is 4.31. The molecular formula is C20H16ClN2O3Y-. The number of pyridine rings is 1. The number of nitrogens with one attached hydrogen (secondary N) is 2. The van der Waals surface area contributed by atoms with Gasteiger partial charge in [-0.2, -0.15) is 0 Å². The van der Waals surface area contributed by atoms with Crippen LogP contribution in [0.5, 0.6) is 0 Å². The molecule has 1 heterocycles. The van der Waals surface area contributed by atoms with Gasteiger partial charge in [-0.25, -0.2) is 0 Å². The maximum Gasteiger partial charge on any atom is 0.251 e. The van der Waals surface area contributed by atoms with E-state index in [1.807, 2.05) is 18.2 Å². The molecule has 0 fully saturated rings. The smallest absolute Gasteiger partial charge is 0.251 e. The van der Waals surface area contributed by atoms with Crippen molar-refractivity contribution in [2.75, 3.05) is 0 Å². The Bertz CT molecular complexity index is 1030. The molecule has 3 aromatic rings. The van der Waals surface area contributed by atoms with Crippen LogP contribution >= 0.6 is 11.6 Å². The Morgan fingerprint density at radius 3 is 2.44 bits per heavy atom. The molecule has 135 valence electrons. The van der Waals surface area contributed by atoms with E-state index >= 15 is 0 Å². The zero-order chi connectivity index (χ0) is 18.7. The topological polar surface area (TPSA) is 79.0 Å². The summed E-state index contributed by atoms with van der Waals surface area (Å²) in [6.45, 7) is 3.44. The Labute approximate surface area is 186 Å². The minimum absolute atomic E-state index is 0. The van der Waals surface area contributed by atoms with Crippen LogP contribution in [0.25, 0.3) is 10.9 Å². The quantitative estimate of drug-likeness (QED) is 0.580. The fraction of sp³-hybridized carbons (Fsp3) is 0.100. The monoisotopic (exact) mass is 456 g/mol. The van der Waals surface area contributed by atoms with Crippen molar-refractivity contribution >= 4 is 34.2 Å². The third kappa shape index (κ3) is 5.28. The Morgan fingerprint density at radius 1 is 1.11 bits per heavy atom. The fourth-order valence-electron chi connectivity index (χ4n) is 2.75. The van der Waals surface area contributed by atoms with E-state index in [0.717, 1.165) is 5.39 Å². The van der Waals surface area contributed by atoms with Crippen molar-refractivity contribution in [2.24, 2.45) is 0 Å². The molecule has 1 amide bonds. The second-order valence-electron chi connectivity index (χ2n) is 5.91. The number of halogens is 1. The van der Waals surface area contributed by atoms with Gasteiger partial charge in [0.2, 0.25) is 5.56 Å². The molecule has 0 aliphatic heterocycles. The van der Waals surface area contributed by atoms with Gasteiger partial charge in [-0.1, -0.05) is 29.8 Å². The number of H-pyrrole nitrogens is 1. The summed E-state index contributed by atoms with van der Waals surface area (Å²) in [6, 6.07) is 14.2. The van der Waals surface area contributed by atoms with E-state index in [0.29, 0.717) is 21.7 Å². The summed E-state index contributed by atoms with van der Waals surface area (Å²) in [5.41, 5.74) is 1.46. The minimum Gasteiger partial charge on any atom is -0.345 e. The van der Waals surface area contributed by atoms with Gasteiger partial charge in [0.25, 0.3) is 5.91 Å². The molecule has 2 aromatic carbocycles. The molecule has 3 rings (SSSR count). The zero-order valence-electron chi connectivity index (χ0n) is 14.4. The number of hydrogen-bond acceptors (Lipinski definition) is 3. The van der Waals surface area contributed by atoms with Crippen LogP contribution in [0.2, 0.25) is 5.02 Å². The number of benzene rings is 2. The first-order valence-electron chi connectivity index (χ1n) is 7.97. The van der Waals surface area contributed by atoms with Gasteiger partial charge in [0.1, 0.15) is 0 Å². The molecule has 7 heteroatoms. The number of aromatic nitrogens is 1. The largest absolute Gasteiger partial charge is 0.345 e. The Morgan fingerprint density at radius 2 is 1.78 bits per heavy atom. The second-order valence-corrected chi connectivity index (χ2v) is 6.34. The number of hydrogen-bond donors (Lipinski definition) is 2. The van der Waals surface area contributed by atoms with Crippen molar-refractivity contribution < 1.29 is 42.3 Å². The van der Waals surface area contributed by atoms with Crippen LogP contribution < -0.4 is 10.9 Å². The molecule has 2 N–H and O–H groups in total. The van der Waals surface area contributed by atoms with E-state index in [1.54, 1.807) is 30.3 Å². The van der Waals surface area contributed by atoms with Crippen LogP contribution in [0.4, 0.5) is 0 Å². The summed E-state index contributed by atoms with van der Waals surface area (Å²) in [5.74, 6) is -0.838. The molecule has 1 unspecified atom stereocenters. The Kier molecular flexibility index (Phi) is 7.36. The van der Waals surface area contributed by atoms with Crippen LogP contribution in [0.15, 0.2) is 59.4 Å². The molecule has 1 atom stereocenters. The number of amides is 1. The first kappa shape index (κ1) is 21.4. The van der Waals surface area contributed by atoms with Crippen LogP contribution in [0.1, 0.15) is 15.9 Å². The molecule has 0 aliphatic carbocycles. The van der Waals surface area contributed by atoms with Gasteiger partial charge in [0.15, 0.2) is 0 Å². The van der Waals surface area contributed by atoms with E-state index < -0.39 is 17.7 Å². The molecule has 0 bridgehead atoms. The number of aromatic amines is 1. The standard InChI is InChI=1S/C20H16ClN2O3.Y/c1-12(24)18(23-20(26)13-6-8-15(21)9-7-13)10-14-11-19(25)22-17-5-3-2-4-16(14)17;/h2-9,11,18H,1,10H2,(H,22,25)(H,23,26);/q-1;.